The summed E-state index contributed by atoms with van der Waals surface area (Å²) in [6, 6.07) is 11.6. The molecule has 0 spiro atoms. The summed E-state index contributed by atoms with van der Waals surface area (Å²) in [6.45, 7) is 4.00. The van der Waals surface area contributed by atoms with Crippen molar-refractivity contribution in [3.05, 3.63) is 59.5 Å². The highest BCUT2D eigenvalue weighted by atomic mass is 127. The van der Waals surface area contributed by atoms with Crippen LogP contribution >= 0.6 is 24.0 Å². The first-order valence-electron chi connectivity index (χ1n) is 9.07. The molecule has 1 aliphatic heterocycles. The first-order chi connectivity index (χ1) is 13.2. The number of ether oxygens (including phenoxy) is 1. The van der Waals surface area contributed by atoms with Crippen molar-refractivity contribution in [2.24, 2.45) is 4.99 Å². The number of carbonyl (C=O) groups excluding carboxylic acids is 1. The van der Waals surface area contributed by atoms with Crippen LogP contribution in [0.3, 0.4) is 0 Å². The van der Waals surface area contributed by atoms with Crippen LogP contribution in [0, 0.1) is 0 Å². The van der Waals surface area contributed by atoms with E-state index in [1.165, 1.54) is 11.8 Å². The van der Waals surface area contributed by atoms with Gasteiger partial charge in [-0.05, 0) is 23.3 Å². The van der Waals surface area contributed by atoms with E-state index in [0.717, 1.165) is 24.6 Å². The van der Waals surface area contributed by atoms with Gasteiger partial charge in [0.2, 0.25) is 0 Å². The standard InChI is InChI=1S/C20H26N4O3.HI/c1-21-20(22-14-16-6-3-4-7-17(16)15-26-2)24-11-9-23(10-12-24)19(25)18-8-5-13-27-18;/h3-8,13H,9-12,14-15H2,1-2H3,(H,21,22);1H. The number of nitrogens with zero attached hydrogens (tertiary/aromatic N) is 3. The highest BCUT2D eigenvalue weighted by molar-refractivity contribution is 14.0. The highest BCUT2D eigenvalue weighted by Crippen LogP contribution is 2.12. The molecule has 1 aromatic heterocycles. The quantitative estimate of drug-likeness (QED) is 0.390. The molecule has 2 aromatic rings. The van der Waals surface area contributed by atoms with Crippen molar-refractivity contribution in [3.8, 4) is 0 Å². The maximum absolute atomic E-state index is 12.4. The Morgan fingerprint density at radius 1 is 1.11 bits per heavy atom. The maximum Gasteiger partial charge on any atom is 0.289 e. The summed E-state index contributed by atoms with van der Waals surface area (Å²) in [5.41, 5.74) is 2.35. The van der Waals surface area contributed by atoms with Gasteiger partial charge in [0.1, 0.15) is 0 Å². The third-order valence-corrected chi connectivity index (χ3v) is 4.67. The number of hydrogen-bond donors (Lipinski definition) is 1. The van der Waals surface area contributed by atoms with Crippen LogP contribution in [0.2, 0.25) is 0 Å². The topological polar surface area (TPSA) is 70.3 Å². The minimum atomic E-state index is -0.0592. The van der Waals surface area contributed by atoms with Crippen LogP contribution in [0.5, 0.6) is 0 Å². The Hall–Kier alpha value is -2.07. The summed E-state index contributed by atoms with van der Waals surface area (Å²) in [4.78, 5) is 20.8. The van der Waals surface area contributed by atoms with Gasteiger partial charge in [0.25, 0.3) is 5.91 Å². The van der Waals surface area contributed by atoms with Crippen molar-refractivity contribution in [1.29, 1.82) is 0 Å². The van der Waals surface area contributed by atoms with Crippen molar-refractivity contribution in [3.63, 3.8) is 0 Å². The molecule has 1 fully saturated rings. The van der Waals surface area contributed by atoms with E-state index in [2.05, 4.69) is 27.3 Å². The number of guanidine groups is 1. The fourth-order valence-electron chi connectivity index (χ4n) is 3.21. The largest absolute Gasteiger partial charge is 0.459 e. The van der Waals surface area contributed by atoms with Gasteiger partial charge in [-0.15, -0.1) is 24.0 Å². The van der Waals surface area contributed by atoms with Crippen LogP contribution in [0.25, 0.3) is 0 Å². The Kier molecular flexibility index (Phi) is 8.78. The van der Waals surface area contributed by atoms with E-state index in [4.69, 9.17) is 9.15 Å². The number of carbonyl (C=O) groups is 1. The predicted molar refractivity (Wildman–Crippen MR) is 119 cm³/mol. The molecule has 1 aliphatic rings. The van der Waals surface area contributed by atoms with Crippen LogP contribution < -0.4 is 5.32 Å². The van der Waals surface area contributed by atoms with Gasteiger partial charge in [0.05, 0.1) is 12.9 Å². The third kappa shape index (κ3) is 5.48. The van der Waals surface area contributed by atoms with E-state index in [1.54, 1.807) is 26.3 Å². The molecule has 1 aromatic carbocycles. The van der Waals surface area contributed by atoms with Gasteiger partial charge < -0.3 is 24.3 Å². The zero-order chi connectivity index (χ0) is 19.1. The second-order valence-electron chi connectivity index (χ2n) is 6.36. The molecule has 0 saturated carbocycles. The predicted octanol–water partition coefficient (Wildman–Crippen LogP) is 2.58. The Bertz CT molecular complexity index is 772. The lowest BCUT2D eigenvalue weighted by molar-refractivity contribution is 0.0657. The summed E-state index contributed by atoms with van der Waals surface area (Å²) in [6.07, 6.45) is 1.52. The van der Waals surface area contributed by atoms with Crippen LogP contribution in [0.4, 0.5) is 0 Å². The summed E-state index contributed by atoms with van der Waals surface area (Å²) in [5.74, 6) is 1.17. The van der Waals surface area contributed by atoms with Gasteiger partial charge in [0.15, 0.2) is 11.7 Å². The SMILES string of the molecule is CN=C(NCc1ccccc1COC)N1CCN(C(=O)c2ccco2)CC1.I. The van der Waals surface area contributed by atoms with Gasteiger partial charge in [-0.3, -0.25) is 9.79 Å². The molecule has 28 heavy (non-hydrogen) atoms. The van der Waals surface area contributed by atoms with E-state index in [-0.39, 0.29) is 29.9 Å². The molecule has 1 saturated heterocycles. The van der Waals surface area contributed by atoms with Crippen molar-refractivity contribution in [2.45, 2.75) is 13.2 Å². The lowest BCUT2D eigenvalue weighted by Crippen LogP contribution is -2.53. The van der Waals surface area contributed by atoms with Gasteiger partial charge in [0, 0.05) is 46.9 Å². The van der Waals surface area contributed by atoms with E-state index >= 15 is 0 Å². The average molecular weight is 498 g/mol. The molecule has 2 heterocycles. The number of methoxy groups -OCH3 is 1. The number of benzene rings is 1. The smallest absolute Gasteiger partial charge is 0.289 e. The van der Waals surface area contributed by atoms with Crippen LogP contribution in [-0.4, -0.2) is 62.0 Å². The Morgan fingerprint density at radius 2 is 1.79 bits per heavy atom. The Morgan fingerprint density at radius 3 is 2.39 bits per heavy atom. The molecule has 1 N–H and O–H groups in total. The van der Waals surface area contributed by atoms with Gasteiger partial charge >= 0.3 is 0 Å². The number of nitrogens with one attached hydrogen (secondary N) is 1. The summed E-state index contributed by atoms with van der Waals surface area (Å²) < 4.78 is 10.5. The number of amides is 1. The molecule has 0 bridgehead atoms. The summed E-state index contributed by atoms with van der Waals surface area (Å²) in [7, 11) is 3.48. The van der Waals surface area contributed by atoms with E-state index in [0.29, 0.717) is 32.0 Å². The van der Waals surface area contributed by atoms with E-state index in [9.17, 15) is 4.79 Å². The fourth-order valence-corrected chi connectivity index (χ4v) is 3.21. The molecular weight excluding hydrogens is 471 g/mol. The van der Waals surface area contributed by atoms with Gasteiger partial charge in [-0.25, -0.2) is 0 Å². The van der Waals surface area contributed by atoms with Gasteiger partial charge in [-0.2, -0.15) is 0 Å². The first-order valence-corrected chi connectivity index (χ1v) is 9.07. The first kappa shape index (κ1) is 22.2. The molecule has 152 valence electrons. The second kappa shape index (κ2) is 11.1. The highest BCUT2D eigenvalue weighted by Gasteiger charge is 2.25. The minimum Gasteiger partial charge on any atom is -0.459 e. The number of halogens is 1. The number of furan rings is 1. The zero-order valence-corrected chi connectivity index (χ0v) is 18.6. The molecular formula is C20H27IN4O3. The van der Waals surface area contributed by atoms with Crippen molar-refractivity contribution in [1.82, 2.24) is 15.1 Å². The molecule has 7 nitrogen and oxygen atoms in total. The van der Waals surface area contributed by atoms with Crippen molar-refractivity contribution in [2.75, 3.05) is 40.3 Å². The third-order valence-electron chi connectivity index (χ3n) is 4.67. The molecule has 0 atom stereocenters. The lowest BCUT2D eigenvalue weighted by atomic mass is 10.1. The van der Waals surface area contributed by atoms with Crippen LogP contribution in [0.1, 0.15) is 21.7 Å². The number of hydrogen-bond acceptors (Lipinski definition) is 4. The molecule has 3 rings (SSSR count). The second-order valence-corrected chi connectivity index (χ2v) is 6.36. The number of piperazine rings is 1. The molecule has 0 aliphatic carbocycles. The zero-order valence-electron chi connectivity index (χ0n) is 16.3. The number of rotatable bonds is 5. The van der Waals surface area contributed by atoms with Crippen LogP contribution in [0.15, 0.2) is 52.1 Å². The van der Waals surface area contributed by atoms with E-state index < -0.39 is 0 Å². The lowest BCUT2D eigenvalue weighted by Gasteiger charge is -2.36. The summed E-state index contributed by atoms with van der Waals surface area (Å²) >= 11 is 0. The average Bonchev–Trinajstić information content (AvgIpc) is 3.24. The van der Waals surface area contributed by atoms with Crippen molar-refractivity contribution < 1.29 is 13.9 Å². The normalized spacial score (nSPS) is 14.6. The monoisotopic (exact) mass is 498 g/mol. The Labute approximate surface area is 182 Å². The summed E-state index contributed by atoms with van der Waals surface area (Å²) in [5, 5.41) is 3.42. The molecule has 0 unspecified atom stereocenters. The van der Waals surface area contributed by atoms with Crippen molar-refractivity contribution >= 4 is 35.8 Å². The molecule has 0 radical (unpaired) electrons. The molecule has 1 amide bonds. The van der Waals surface area contributed by atoms with Gasteiger partial charge in [-0.1, -0.05) is 24.3 Å². The van der Waals surface area contributed by atoms with Crippen LogP contribution in [-0.2, 0) is 17.9 Å². The van der Waals surface area contributed by atoms with E-state index in [1.807, 2.05) is 17.0 Å². The maximum atomic E-state index is 12.4. The fraction of sp³-hybridized carbons (Fsp3) is 0.400. The number of aliphatic imine (C=N–C) groups is 1. The molecule has 8 heteroatoms. The Balaban J connectivity index is 0.00000280. The minimum absolute atomic E-state index is 0.